The van der Waals surface area contributed by atoms with Crippen molar-refractivity contribution in [1.29, 1.82) is 0 Å². The van der Waals surface area contributed by atoms with E-state index in [1.165, 1.54) is 0 Å². The second kappa shape index (κ2) is 15.9. The maximum atomic E-state index is 13.0. The summed E-state index contributed by atoms with van der Waals surface area (Å²) in [7, 11) is 1.60. The molecule has 0 spiro atoms. The Hall–Kier alpha value is -2.33. The summed E-state index contributed by atoms with van der Waals surface area (Å²) in [6.07, 6.45) is 11.0. The third kappa shape index (κ3) is 9.25. The van der Waals surface area contributed by atoms with Gasteiger partial charge in [0.2, 0.25) is 5.91 Å². The largest absolute Gasteiger partial charge is 0.359 e. The predicted molar refractivity (Wildman–Crippen MR) is 117 cm³/mol. The number of carbonyl (C=O) groups is 2. The van der Waals surface area contributed by atoms with Gasteiger partial charge in [0.1, 0.15) is 0 Å². The molecule has 2 amide bonds. The first-order chi connectivity index (χ1) is 12.9. The molecule has 0 rings (SSSR count). The summed E-state index contributed by atoms with van der Waals surface area (Å²) in [5, 5.41) is 2.62. The molecular weight excluding hydrogens is 360 g/mol. The van der Waals surface area contributed by atoms with Gasteiger partial charge < -0.3 is 5.32 Å². The van der Waals surface area contributed by atoms with Gasteiger partial charge in [-0.05, 0) is 40.2 Å². The van der Waals surface area contributed by atoms with Gasteiger partial charge in [0.25, 0.3) is 5.91 Å². The number of halogens is 1. The van der Waals surface area contributed by atoms with E-state index >= 15 is 0 Å². The van der Waals surface area contributed by atoms with Crippen molar-refractivity contribution in [3.63, 3.8) is 0 Å². The van der Waals surface area contributed by atoms with E-state index in [9.17, 15) is 9.59 Å². The van der Waals surface area contributed by atoms with Crippen LogP contribution in [0, 0.1) is 0 Å². The fraction of sp³-hybridized carbons (Fsp3) is 0.364. The highest BCUT2D eigenvalue weighted by Gasteiger charge is 2.21. The number of hydrogen-bond acceptors (Lipinski definition) is 2. The summed E-state index contributed by atoms with van der Waals surface area (Å²) in [4.78, 5) is 26.5. The zero-order valence-electron chi connectivity index (χ0n) is 17.4. The SMILES string of the molecule is C/C=C/C(CC(=O)NC)=C(/C)N(C(=O)C(/C=C\CCl)=C/C)/C(C)=C/C.C=C. The molecule has 0 aromatic carbocycles. The van der Waals surface area contributed by atoms with Crippen molar-refractivity contribution in [2.45, 2.75) is 41.0 Å². The van der Waals surface area contributed by atoms with Crippen LogP contribution < -0.4 is 5.32 Å². The molecule has 5 heteroatoms. The molecule has 0 saturated heterocycles. The fourth-order valence-electron chi connectivity index (χ4n) is 2.21. The second-order valence-corrected chi connectivity index (χ2v) is 5.64. The van der Waals surface area contributed by atoms with E-state index in [0.29, 0.717) is 11.5 Å². The summed E-state index contributed by atoms with van der Waals surface area (Å²) >= 11 is 5.69. The van der Waals surface area contributed by atoms with Crippen LogP contribution in [0.5, 0.6) is 0 Å². The third-order valence-electron chi connectivity index (χ3n) is 3.72. The Labute approximate surface area is 169 Å². The zero-order chi connectivity index (χ0) is 21.4. The van der Waals surface area contributed by atoms with Crippen molar-refractivity contribution in [3.8, 4) is 0 Å². The highest BCUT2D eigenvalue weighted by atomic mass is 35.5. The number of carbonyl (C=O) groups excluding carboxylic acids is 2. The second-order valence-electron chi connectivity index (χ2n) is 5.33. The van der Waals surface area contributed by atoms with Crippen molar-refractivity contribution in [2.75, 3.05) is 12.9 Å². The van der Waals surface area contributed by atoms with Crippen LogP contribution in [0.2, 0.25) is 0 Å². The van der Waals surface area contributed by atoms with Crippen LogP contribution >= 0.6 is 11.6 Å². The Balaban J connectivity index is 0. The predicted octanol–water partition coefficient (Wildman–Crippen LogP) is 5.27. The van der Waals surface area contributed by atoms with Crippen molar-refractivity contribution >= 4 is 23.4 Å². The monoisotopic (exact) mass is 392 g/mol. The smallest absolute Gasteiger partial charge is 0.261 e. The molecule has 0 atom stereocenters. The molecule has 0 aromatic rings. The van der Waals surface area contributed by atoms with Gasteiger partial charge in [0, 0.05) is 29.9 Å². The molecule has 0 radical (unpaired) electrons. The summed E-state index contributed by atoms with van der Waals surface area (Å²) in [5.41, 5.74) is 2.84. The van der Waals surface area contributed by atoms with Crippen LogP contribution in [-0.4, -0.2) is 29.6 Å². The molecule has 0 saturated carbocycles. The third-order valence-corrected chi connectivity index (χ3v) is 3.89. The minimum atomic E-state index is -0.157. The van der Waals surface area contributed by atoms with Crippen LogP contribution in [0.15, 0.2) is 72.2 Å². The van der Waals surface area contributed by atoms with Crippen molar-refractivity contribution in [2.24, 2.45) is 0 Å². The lowest BCUT2D eigenvalue weighted by Gasteiger charge is -2.26. The lowest BCUT2D eigenvalue weighted by Crippen LogP contribution is -2.30. The molecule has 0 unspecified atom stereocenters. The number of hydrogen-bond donors (Lipinski definition) is 1. The standard InChI is InChI=1S/C20H29ClN2O2.C2H4/c1-7-11-18(14-19(24)22-6)16(5)23(15(4)8-2)20(25)17(9-3)12-10-13-21;1-2/h7-12H,13-14H2,1-6H3,(H,22,24);1-2H2/b11-7+,12-10-,15-8+,17-9+,18-16+;. The van der Waals surface area contributed by atoms with E-state index in [0.717, 1.165) is 17.0 Å². The first-order valence-corrected chi connectivity index (χ1v) is 9.30. The van der Waals surface area contributed by atoms with Gasteiger partial charge in [-0.2, -0.15) is 0 Å². The molecule has 0 aliphatic heterocycles. The minimum absolute atomic E-state index is 0.105. The first-order valence-electron chi connectivity index (χ1n) is 8.77. The van der Waals surface area contributed by atoms with Gasteiger partial charge in [0.15, 0.2) is 0 Å². The number of allylic oxidation sites excluding steroid dienone is 7. The lowest BCUT2D eigenvalue weighted by atomic mass is 10.1. The highest BCUT2D eigenvalue weighted by Crippen LogP contribution is 2.22. The Morgan fingerprint density at radius 1 is 1.07 bits per heavy atom. The van der Waals surface area contributed by atoms with Crippen LogP contribution in [0.3, 0.4) is 0 Å². The molecule has 0 aliphatic carbocycles. The quantitative estimate of drug-likeness (QED) is 0.265. The number of rotatable bonds is 8. The van der Waals surface area contributed by atoms with Crippen LogP contribution in [0.25, 0.3) is 0 Å². The molecular formula is C22H33ClN2O2. The van der Waals surface area contributed by atoms with Crippen LogP contribution in [-0.2, 0) is 9.59 Å². The normalized spacial score (nSPS) is 13.1. The Morgan fingerprint density at radius 3 is 2.07 bits per heavy atom. The van der Waals surface area contributed by atoms with E-state index in [1.54, 1.807) is 30.2 Å². The molecule has 0 aliphatic rings. The molecule has 27 heavy (non-hydrogen) atoms. The first kappa shape index (κ1) is 26.9. The van der Waals surface area contributed by atoms with Gasteiger partial charge in [-0.15, -0.1) is 24.8 Å². The van der Waals surface area contributed by atoms with E-state index in [4.69, 9.17) is 11.6 Å². The Bertz CT molecular complexity index is 641. The fourth-order valence-corrected chi connectivity index (χ4v) is 2.30. The maximum Gasteiger partial charge on any atom is 0.261 e. The molecule has 0 fully saturated rings. The number of amides is 2. The number of nitrogens with one attached hydrogen (secondary N) is 1. The van der Waals surface area contributed by atoms with Crippen LogP contribution in [0.4, 0.5) is 0 Å². The van der Waals surface area contributed by atoms with E-state index < -0.39 is 0 Å². The zero-order valence-corrected chi connectivity index (χ0v) is 18.2. The summed E-state index contributed by atoms with van der Waals surface area (Å²) in [6.45, 7) is 15.3. The molecule has 150 valence electrons. The molecule has 0 aromatic heterocycles. The molecule has 4 nitrogen and oxygen atoms in total. The average molecular weight is 393 g/mol. The molecule has 0 heterocycles. The minimum Gasteiger partial charge on any atom is -0.359 e. The maximum absolute atomic E-state index is 13.0. The van der Waals surface area contributed by atoms with Crippen molar-refractivity contribution < 1.29 is 9.59 Å². The van der Waals surface area contributed by atoms with E-state index in [-0.39, 0.29) is 18.2 Å². The molecule has 0 bridgehead atoms. The van der Waals surface area contributed by atoms with Crippen molar-refractivity contribution in [1.82, 2.24) is 10.2 Å². The highest BCUT2D eigenvalue weighted by molar-refractivity contribution is 6.19. The lowest BCUT2D eigenvalue weighted by molar-refractivity contribution is -0.123. The Morgan fingerprint density at radius 2 is 1.67 bits per heavy atom. The summed E-state index contributed by atoms with van der Waals surface area (Å²) in [6, 6.07) is 0. The van der Waals surface area contributed by atoms with Gasteiger partial charge in [-0.1, -0.05) is 36.5 Å². The average Bonchev–Trinajstić information content (AvgIpc) is 2.69. The van der Waals surface area contributed by atoms with Gasteiger partial charge >= 0.3 is 0 Å². The summed E-state index contributed by atoms with van der Waals surface area (Å²) < 4.78 is 0. The van der Waals surface area contributed by atoms with E-state index in [1.807, 2.05) is 52.8 Å². The Kier molecular flexibility index (Phi) is 15.8. The van der Waals surface area contributed by atoms with Gasteiger partial charge in [0.05, 0.1) is 6.42 Å². The number of nitrogens with zero attached hydrogens (tertiary/aromatic N) is 1. The van der Waals surface area contributed by atoms with Crippen molar-refractivity contribution in [3.05, 3.63) is 72.2 Å². The topological polar surface area (TPSA) is 49.4 Å². The van der Waals surface area contributed by atoms with Gasteiger partial charge in [-0.3, -0.25) is 14.5 Å². The molecule has 1 N–H and O–H groups in total. The van der Waals surface area contributed by atoms with Gasteiger partial charge in [-0.25, -0.2) is 0 Å². The summed E-state index contributed by atoms with van der Waals surface area (Å²) in [5.74, 6) is 0.0739. The number of alkyl halides is 1. The van der Waals surface area contributed by atoms with E-state index in [2.05, 4.69) is 18.5 Å². The van der Waals surface area contributed by atoms with Crippen LogP contribution in [0.1, 0.15) is 41.0 Å².